The normalized spacial score (nSPS) is 25.3. The van der Waals surface area contributed by atoms with E-state index in [0.29, 0.717) is 12.6 Å². The van der Waals surface area contributed by atoms with E-state index in [2.05, 4.69) is 16.8 Å². The third-order valence-corrected chi connectivity index (χ3v) is 3.94. The van der Waals surface area contributed by atoms with Gasteiger partial charge in [-0.3, -0.25) is 9.88 Å². The first kappa shape index (κ1) is 13.4. The van der Waals surface area contributed by atoms with Gasteiger partial charge in [0.1, 0.15) is 5.82 Å². The first-order chi connectivity index (χ1) is 8.72. The molecule has 0 saturated carbocycles. The molecule has 0 spiro atoms. The molecule has 0 aromatic carbocycles. The van der Waals surface area contributed by atoms with Gasteiger partial charge in [0.2, 0.25) is 0 Å². The Bertz CT molecular complexity index is 383. The lowest BCUT2D eigenvalue weighted by Gasteiger charge is -2.38. The van der Waals surface area contributed by atoms with Crippen LogP contribution in [0.3, 0.4) is 0 Å². The molecule has 2 N–H and O–H groups in total. The van der Waals surface area contributed by atoms with Crippen molar-refractivity contribution >= 4 is 0 Å². The summed E-state index contributed by atoms with van der Waals surface area (Å²) in [7, 11) is 0. The Hall–Kier alpha value is -1.00. The molecular formula is C14H22FN3. The summed E-state index contributed by atoms with van der Waals surface area (Å²) < 4.78 is 13.1. The van der Waals surface area contributed by atoms with Crippen LogP contribution in [0.1, 0.15) is 31.7 Å². The minimum atomic E-state index is -0.264. The zero-order valence-electron chi connectivity index (χ0n) is 11.0. The van der Waals surface area contributed by atoms with Crippen molar-refractivity contribution < 1.29 is 4.39 Å². The van der Waals surface area contributed by atoms with E-state index in [4.69, 9.17) is 5.73 Å². The number of pyridine rings is 1. The Morgan fingerprint density at radius 1 is 1.50 bits per heavy atom. The van der Waals surface area contributed by atoms with E-state index in [1.807, 2.05) is 0 Å². The fourth-order valence-corrected chi connectivity index (χ4v) is 2.78. The van der Waals surface area contributed by atoms with Gasteiger partial charge in [-0.05, 0) is 36.9 Å². The number of nitrogens with two attached hydrogens (primary N) is 1. The molecule has 100 valence electrons. The van der Waals surface area contributed by atoms with Gasteiger partial charge < -0.3 is 5.73 Å². The molecule has 1 aliphatic rings. The topological polar surface area (TPSA) is 42.2 Å². The second-order valence-corrected chi connectivity index (χ2v) is 5.17. The second-order valence-electron chi connectivity index (χ2n) is 5.17. The molecule has 2 unspecified atom stereocenters. The number of piperidine rings is 1. The van der Waals surface area contributed by atoms with Crippen LogP contribution < -0.4 is 5.73 Å². The molecule has 1 saturated heterocycles. The number of rotatable bonds is 4. The average molecular weight is 251 g/mol. The number of halogens is 1. The molecule has 4 heteroatoms. The summed E-state index contributed by atoms with van der Waals surface area (Å²) in [5.74, 6) is 0.528. The molecule has 0 aliphatic carbocycles. The maximum atomic E-state index is 13.1. The van der Waals surface area contributed by atoms with Crippen LogP contribution in [0.2, 0.25) is 0 Å². The molecule has 18 heavy (non-hydrogen) atoms. The smallest absolute Gasteiger partial charge is 0.141 e. The number of hydrogen-bond acceptors (Lipinski definition) is 3. The van der Waals surface area contributed by atoms with Crippen molar-refractivity contribution in [1.29, 1.82) is 0 Å². The van der Waals surface area contributed by atoms with Gasteiger partial charge in [0, 0.05) is 25.3 Å². The predicted molar refractivity (Wildman–Crippen MR) is 70.5 cm³/mol. The lowest BCUT2D eigenvalue weighted by molar-refractivity contribution is 0.107. The van der Waals surface area contributed by atoms with E-state index < -0.39 is 0 Å². The lowest BCUT2D eigenvalue weighted by atomic mass is 9.88. The van der Waals surface area contributed by atoms with Crippen LogP contribution in [0.5, 0.6) is 0 Å². The molecule has 1 aliphatic heterocycles. The van der Waals surface area contributed by atoms with Crippen LogP contribution in [-0.4, -0.2) is 29.0 Å². The lowest BCUT2D eigenvalue weighted by Crippen LogP contribution is -2.46. The fraction of sp³-hybridized carbons (Fsp3) is 0.643. The van der Waals surface area contributed by atoms with E-state index in [1.165, 1.54) is 19.0 Å². The molecule has 1 fully saturated rings. The van der Waals surface area contributed by atoms with Gasteiger partial charge in [-0.2, -0.15) is 0 Å². The van der Waals surface area contributed by atoms with Gasteiger partial charge in [-0.15, -0.1) is 0 Å². The highest BCUT2D eigenvalue weighted by molar-refractivity contribution is 5.10. The summed E-state index contributed by atoms with van der Waals surface area (Å²) >= 11 is 0. The number of likely N-dealkylation sites (tertiary alicyclic amines) is 1. The van der Waals surface area contributed by atoms with E-state index in [9.17, 15) is 4.39 Å². The van der Waals surface area contributed by atoms with Crippen molar-refractivity contribution in [3.8, 4) is 0 Å². The van der Waals surface area contributed by atoms with E-state index in [-0.39, 0.29) is 5.82 Å². The molecule has 2 heterocycles. The number of nitrogens with zero attached hydrogens (tertiary/aromatic N) is 2. The molecule has 3 nitrogen and oxygen atoms in total. The molecule has 1 aromatic heterocycles. The monoisotopic (exact) mass is 251 g/mol. The van der Waals surface area contributed by atoms with Gasteiger partial charge in [0.25, 0.3) is 0 Å². The largest absolute Gasteiger partial charge is 0.329 e. The van der Waals surface area contributed by atoms with Gasteiger partial charge in [0.15, 0.2) is 0 Å². The Kier molecular flexibility index (Phi) is 4.66. The van der Waals surface area contributed by atoms with Crippen LogP contribution in [0.4, 0.5) is 4.39 Å². The maximum Gasteiger partial charge on any atom is 0.141 e. The molecule has 2 rings (SSSR count). The van der Waals surface area contributed by atoms with E-state index in [0.717, 1.165) is 31.0 Å². The van der Waals surface area contributed by atoms with E-state index >= 15 is 0 Å². The maximum absolute atomic E-state index is 13.1. The molecule has 0 amide bonds. The van der Waals surface area contributed by atoms with Crippen molar-refractivity contribution in [3.05, 3.63) is 29.8 Å². The number of aromatic nitrogens is 1. The van der Waals surface area contributed by atoms with Crippen molar-refractivity contribution in [2.24, 2.45) is 11.7 Å². The first-order valence-corrected chi connectivity index (χ1v) is 6.76. The molecule has 1 aromatic rings. The van der Waals surface area contributed by atoms with Crippen molar-refractivity contribution in [1.82, 2.24) is 9.88 Å². The molecule has 0 radical (unpaired) electrons. The third kappa shape index (κ3) is 3.27. The van der Waals surface area contributed by atoms with Crippen molar-refractivity contribution in [3.63, 3.8) is 0 Å². The summed E-state index contributed by atoms with van der Waals surface area (Å²) in [5, 5.41) is 0. The zero-order valence-corrected chi connectivity index (χ0v) is 11.0. The van der Waals surface area contributed by atoms with Crippen LogP contribution >= 0.6 is 0 Å². The highest BCUT2D eigenvalue weighted by atomic mass is 19.1. The minimum Gasteiger partial charge on any atom is -0.329 e. The van der Waals surface area contributed by atoms with Crippen molar-refractivity contribution in [2.75, 3.05) is 13.1 Å². The molecule has 0 bridgehead atoms. The first-order valence-electron chi connectivity index (χ1n) is 6.76. The molecular weight excluding hydrogens is 229 g/mol. The van der Waals surface area contributed by atoms with Crippen molar-refractivity contribution in [2.45, 2.75) is 38.8 Å². The Balaban J connectivity index is 2.00. The van der Waals surface area contributed by atoms with Crippen LogP contribution in [0.15, 0.2) is 18.5 Å². The minimum absolute atomic E-state index is 0.264. The second kappa shape index (κ2) is 6.25. The zero-order chi connectivity index (χ0) is 13.0. The standard InChI is InChI=1S/C14H22FN3/c1-2-11-3-4-18(14(6-11)7-16)10-12-5-13(15)9-17-8-12/h5,8-9,11,14H,2-4,6-7,10,16H2,1H3. The van der Waals surface area contributed by atoms with Gasteiger partial charge in [-0.25, -0.2) is 4.39 Å². The van der Waals surface area contributed by atoms with Crippen LogP contribution in [0.25, 0.3) is 0 Å². The summed E-state index contributed by atoms with van der Waals surface area (Å²) in [6, 6.07) is 1.99. The SMILES string of the molecule is CCC1CCN(Cc2cncc(F)c2)C(CN)C1. The highest BCUT2D eigenvalue weighted by Gasteiger charge is 2.26. The molecule has 2 atom stereocenters. The van der Waals surface area contributed by atoms with Crippen LogP contribution in [0, 0.1) is 11.7 Å². The van der Waals surface area contributed by atoms with Gasteiger partial charge in [-0.1, -0.05) is 13.3 Å². The summed E-state index contributed by atoms with van der Waals surface area (Å²) in [4.78, 5) is 6.26. The fourth-order valence-electron chi connectivity index (χ4n) is 2.78. The van der Waals surface area contributed by atoms with Gasteiger partial charge in [0.05, 0.1) is 6.20 Å². The Morgan fingerprint density at radius 2 is 2.33 bits per heavy atom. The predicted octanol–water partition coefficient (Wildman–Crippen LogP) is 2.17. The average Bonchev–Trinajstić information content (AvgIpc) is 2.39. The number of hydrogen-bond donors (Lipinski definition) is 1. The quantitative estimate of drug-likeness (QED) is 0.891. The van der Waals surface area contributed by atoms with E-state index in [1.54, 1.807) is 12.3 Å². The highest BCUT2D eigenvalue weighted by Crippen LogP contribution is 2.26. The third-order valence-electron chi connectivity index (χ3n) is 3.94. The Morgan fingerprint density at radius 3 is 3.00 bits per heavy atom. The van der Waals surface area contributed by atoms with Crippen LogP contribution in [-0.2, 0) is 6.54 Å². The summed E-state index contributed by atoms with van der Waals surface area (Å²) in [6.45, 7) is 4.73. The Labute approximate surface area is 108 Å². The van der Waals surface area contributed by atoms with Gasteiger partial charge >= 0.3 is 0 Å². The summed E-state index contributed by atoms with van der Waals surface area (Å²) in [6.07, 6.45) is 6.59. The summed E-state index contributed by atoms with van der Waals surface area (Å²) in [5.41, 5.74) is 6.80.